The molecule has 1 aliphatic heterocycles. The lowest BCUT2D eigenvalue weighted by atomic mass is 9.96. The molecule has 8 nitrogen and oxygen atoms in total. The molecule has 0 atom stereocenters. The normalized spacial score (nSPS) is 17.6. The Bertz CT molecular complexity index is 755. The summed E-state index contributed by atoms with van der Waals surface area (Å²) >= 11 is 0. The zero-order chi connectivity index (χ0) is 22.1. The van der Waals surface area contributed by atoms with Gasteiger partial charge < -0.3 is 26.2 Å². The van der Waals surface area contributed by atoms with Crippen molar-refractivity contribution in [2.24, 2.45) is 0 Å². The molecule has 8 heteroatoms. The van der Waals surface area contributed by atoms with Crippen LogP contribution in [0.4, 0.5) is 9.59 Å². The first-order chi connectivity index (χ1) is 15.0. The molecule has 0 aromatic heterocycles. The molecule has 1 saturated carbocycles. The molecule has 1 heterocycles. The molecule has 0 spiro atoms. The van der Waals surface area contributed by atoms with E-state index in [9.17, 15) is 14.4 Å². The maximum absolute atomic E-state index is 12.5. The highest BCUT2D eigenvalue weighted by atomic mass is 16.2. The number of carbonyl (C=O) groups is 3. The Morgan fingerprint density at radius 1 is 0.871 bits per heavy atom. The lowest BCUT2D eigenvalue weighted by Crippen LogP contribution is -2.52. The second-order valence-corrected chi connectivity index (χ2v) is 8.60. The fraction of sp³-hybridized carbons (Fsp3) is 0.609. The van der Waals surface area contributed by atoms with Gasteiger partial charge in [-0.3, -0.25) is 4.79 Å². The van der Waals surface area contributed by atoms with Gasteiger partial charge in [0.1, 0.15) is 0 Å². The number of nitrogens with zero attached hydrogens (tertiary/aromatic N) is 1. The third kappa shape index (κ3) is 7.77. The van der Waals surface area contributed by atoms with E-state index in [0.717, 1.165) is 36.8 Å². The first-order valence-corrected chi connectivity index (χ1v) is 11.4. The number of hydrogen-bond acceptors (Lipinski definition) is 3. The van der Waals surface area contributed by atoms with Crippen LogP contribution in [0.2, 0.25) is 0 Å². The van der Waals surface area contributed by atoms with E-state index < -0.39 is 0 Å². The van der Waals surface area contributed by atoms with Gasteiger partial charge in [-0.05, 0) is 36.8 Å². The predicted molar refractivity (Wildman–Crippen MR) is 119 cm³/mol. The summed E-state index contributed by atoms with van der Waals surface area (Å²) in [6.07, 6.45) is 7.32. The molecule has 1 saturated heterocycles. The topological polar surface area (TPSA) is 103 Å². The number of nitrogens with one attached hydrogen (secondary N) is 4. The van der Waals surface area contributed by atoms with E-state index in [1.54, 1.807) is 4.90 Å². The van der Waals surface area contributed by atoms with Crippen molar-refractivity contribution in [2.75, 3.05) is 13.1 Å². The molecular weight excluding hydrogens is 394 g/mol. The van der Waals surface area contributed by atoms with Crippen LogP contribution in [0.3, 0.4) is 0 Å². The summed E-state index contributed by atoms with van der Waals surface area (Å²) in [5.74, 6) is -0.0666. The molecule has 1 aliphatic carbocycles. The minimum Gasteiger partial charge on any atom is -0.352 e. The maximum atomic E-state index is 12.5. The van der Waals surface area contributed by atoms with Gasteiger partial charge >= 0.3 is 12.1 Å². The lowest BCUT2D eigenvalue weighted by molar-refractivity contribution is -0.119. The zero-order valence-electron chi connectivity index (χ0n) is 18.4. The molecule has 31 heavy (non-hydrogen) atoms. The Balaban J connectivity index is 1.35. The first-order valence-electron chi connectivity index (χ1n) is 11.4. The molecule has 170 valence electrons. The second kappa shape index (κ2) is 11.6. The summed E-state index contributed by atoms with van der Waals surface area (Å²) in [5, 5.41) is 11.9. The van der Waals surface area contributed by atoms with Crippen LogP contribution < -0.4 is 21.3 Å². The summed E-state index contributed by atoms with van der Waals surface area (Å²) in [5.41, 5.74) is 1.99. The van der Waals surface area contributed by atoms with E-state index in [2.05, 4.69) is 21.3 Å². The van der Waals surface area contributed by atoms with Gasteiger partial charge in [0.15, 0.2) is 0 Å². The second-order valence-electron chi connectivity index (χ2n) is 8.60. The van der Waals surface area contributed by atoms with Crippen molar-refractivity contribution in [3.05, 3.63) is 35.4 Å². The van der Waals surface area contributed by atoms with Crippen molar-refractivity contribution < 1.29 is 14.4 Å². The van der Waals surface area contributed by atoms with Crippen molar-refractivity contribution >= 4 is 18.0 Å². The van der Waals surface area contributed by atoms with Gasteiger partial charge in [-0.25, -0.2) is 9.59 Å². The minimum absolute atomic E-state index is 0.0666. The van der Waals surface area contributed by atoms with Gasteiger partial charge in [-0.2, -0.15) is 0 Å². The van der Waals surface area contributed by atoms with Gasteiger partial charge in [0.25, 0.3) is 0 Å². The molecule has 4 N–H and O–H groups in total. The number of carbonyl (C=O) groups excluding carboxylic acids is 3. The minimum atomic E-state index is -0.0858. The van der Waals surface area contributed by atoms with Crippen molar-refractivity contribution in [1.29, 1.82) is 0 Å². The van der Waals surface area contributed by atoms with E-state index in [4.69, 9.17) is 0 Å². The molecule has 0 radical (unpaired) electrons. The number of urea groups is 2. The number of hydrogen-bond donors (Lipinski definition) is 4. The monoisotopic (exact) mass is 429 g/mol. The van der Waals surface area contributed by atoms with E-state index in [1.165, 1.54) is 26.2 Å². The van der Waals surface area contributed by atoms with Crippen LogP contribution in [0.5, 0.6) is 0 Å². The Morgan fingerprint density at radius 3 is 2.06 bits per heavy atom. The van der Waals surface area contributed by atoms with Crippen LogP contribution in [-0.2, 0) is 17.9 Å². The summed E-state index contributed by atoms with van der Waals surface area (Å²) in [6.45, 7) is 3.66. The standard InChI is InChI=1S/C23H35N5O3/c1-17(29)24-15-18-6-5-7-19(14-18)16-25-23(31)28-12-10-21(11-13-28)27-22(30)26-20-8-3-2-4-9-20/h5-7,14,20-21H,2-4,8-13,15-16H2,1H3,(H,24,29)(H,25,31)(H2,26,27,30). The van der Waals surface area contributed by atoms with Crippen molar-refractivity contribution in [1.82, 2.24) is 26.2 Å². The smallest absolute Gasteiger partial charge is 0.317 e. The molecule has 5 amide bonds. The van der Waals surface area contributed by atoms with Gasteiger partial charge in [0.2, 0.25) is 5.91 Å². The third-order valence-electron chi connectivity index (χ3n) is 6.03. The molecule has 1 aromatic rings. The Kier molecular flexibility index (Phi) is 8.55. The predicted octanol–water partition coefficient (Wildman–Crippen LogP) is 2.63. The largest absolute Gasteiger partial charge is 0.352 e. The van der Waals surface area contributed by atoms with E-state index >= 15 is 0 Å². The maximum Gasteiger partial charge on any atom is 0.317 e. The number of benzene rings is 1. The summed E-state index contributed by atoms with van der Waals surface area (Å²) in [4.78, 5) is 37.6. The molecule has 0 bridgehead atoms. The van der Waals surface area contributed by atoms with Crippen LogP contribution in [0.15, 0.2) is 24.3 Å². The zero-order valence-corrected chi connectivity index (χ0v) is 18.4. The SMILES string of the molecule is CC(=O)NCc1cccc(CNC(=O)N2CCC(NC(=O)NC3CCCCC3)CC2)c1. The van der Waals surface area contributed by atoms with Crippen molar-refractivity contribution in [3.8, 4) is 0 Å². The fourth-order valence-corrected chi connectivity index (χ4v) is 4.25. The highest BCUT2D eigenvalue weighted by molar-refractivity contribution is 5.75. The molecule has 2 aliphatic rings. The van der Waals surface area contributed by atoms with Crippen LogP contribution in [0.25, 0.3) is 0 Å². The average molecular weight is 430 g/mol. The van der Waals surface area contributed by atoms with Crippen LogP contribution in [0.1, 0.15) is 63.0 Å². The Hall–Kier alpha value is -2.77. The van der Waals surface area contributed by atoms with Crippen molar-refractivity contribution in [2.45, 2.75) is 77.0 Å². The lowest BCUT2D eigenvalue weighted by Gasteiger charge is -2.33. The molecule has 1 aromatic carbocycles. The average Bonchev–Trinajstić information content (AvgIpc) is 2.77. The van der Waals surface area contributed by atoms with Gasteiger partial charge in [-0.15, -0.1) is 0 Å². The summed E-state index contributed by atoms with van der Waals surface area (Å²) in [7, 11) is 0. The van der Waals surface area contributed by atoms with Crippen LogP contribution >= 0.6 is 0 Å². The number of likely N-dealkylation sites (tertiary alicyclic amines) is 1. The number of piperidine rings is 1. The molecule has 0 unspecified atom stereocenters. The molecule has 2 fully saturated rings. The van der Waals surface area contributed by atoms with E-state index in [-0.39, 0.29) is 24.0 Å². The number of rotatable bonds is 6. The third-order valence-corrected chi connectivity index (χ3v) is 6.03. The van der Waals surface area contributed by atoms with Gasteiger partial charge in [0, 0.05) is 45.2 Å². The Labute approximate surface area is 184 Å². The quantitative estimate of drug-likeness (QED) is 0.559. The highest BCUT2D eigenvalue weighted by Gasteiger charge is 2.24. The van der Waals surface area contributed by atoms with Crippen molar-refractivity contribution in [3.63, 3.8) is 0 Å². The van der Waals surface area contributed by atoms with Gasteiger partial charge in [0.05, 0.1) is 0 Å². The summed E-state index contributed by atoms with van der Waals surface area (Å²) in [6, 6.07) is 8.06. The Morgan fingerprint density at radius 2 is 1.45 bits per heavy atom. The first kappa shape index (κ1) is 22.9. The van der Waals surface area contributed by atoms with E-state index in [0.29, 0.717) is 32.2 Å². The molecule has 3 rings (SSSR count). The van der Waals surface area contributed by atoms with E-state index in [1.807, 2.05) is 24.3 Å². The fourth-order valence-electron chi connectivity index (χ4n) is 4.25. The molecular formula is C23H35N5O3. The van der Waals surface area contributed by atoms with Gasteiger partial charge in [-0.1, -0.05) is 43.5 Å². The van der Waals surface area contributed by atoms with Crippen LogP contribution in [0, 0.1) is 0 Å². The highest BCUT2D eigenvalue weighted by Crippen LogP contribution is 2.17. The number of amides is 5. The van der Waals surface area contributed by atoms with Crippen LogP contribution in [-0.4, -0.2) is 48.0 Å². The summed E-state index contributed by atoms with van der Waals surface area (Å²) < 4.78 is 0.